The fourth-order valence-electron chi connectivity index (χ4n) is 1.70. The first kappa shape index (κ1) is 13.6. The monoisotopic (exact) mass is 238 g/mol. The Kier molecular flexibility index (Phi) is 5.07. The molecule has 1 heterocycles. The van der Waals surface area contributed by atoms with Crippen molar-refractivity contribution in [1.29, 1.82) is 5.26 Å². The fraction of sp³-hybridized carbons (Fsp3) is 0.727. The van der Waals surface area contributed by atoms with Crippen LogP contribution in [0, 0.1) is 11.3 Å². The summed E-state index contributed by atoms with van der Waals surface area (Å²) in [5.41, 5.74) is 1.46. The van der Waals surface area contributed by atoms with Crippen molar-refractivity contribution in [3.05, 3.63) is 11.4 Å². The Hall–Kier alpha value is -1.45. The Morgan fingerprint density at radius 2 is 2.24 bits per heavy atom. The van der Waals surface area contributed by atoms with Crippen LogP contribution in [0.5, 0.6) is 0 Å². The van der Waals surface area contributed by atoms with Gasteiger partial charge in [-0.2, -0.15) is 5.26 Å². The van der Waals surface area contributed by atoms with Crippen LogP contribution in [0.4, 0.5) is 0 Å². The lowest BCUT2D eigenvalue weighted by atomic mass is 10.1. The third-order valence-corrected chi connectivity index (χ3v) is 2.75. The number of hydrogen-bond donors (Lipinski definition) is 1. The molecule has 0 fully saturated rings. The van der Waals surface area contributed by atoms with Crippen molar-refractivity contribution in [2.75, 3.05) is 13.7 Å². The van der Waals surface area contributed by atoms with Crippen LogP contribution < -0.4 is 0 Å². The molecule has 0 amide bonds. The molecule has 0 radical (unpaired) electrons. The van der Waals surface area contributed by atoms with Gasteiger partial charge in [-0.15, -0.1) is 5.10 Å². The molecule has 0 spiro atoms. The van der Waals surface area contributed by atoms with Gasteiger partial charge in [-0.1, -0.05) is 5.21 Å². The number of methoxy groups -OCH3 is 1. The number of rotatable bonds is 6. The number of aliphatic hydroxyl groups excluding tert-OH is 1. The summed E-state index contributed by atoms with van der Waals surface area (Å²) in [4.78, 5) is 0. The zero-order valence-electron chi connectivity index (χ0n) is 10.4. The lowest BCUT2D eigenvalue weighted by Crippen LogP contribution is -2.15. The molecule has 1 rings (SSSR count). The van der Waals surface area contributed by atoms with E-state index < -0.39 is 0 Å². The van der Waals surface area contributed by atoms with Gasteiger partial charge in [-0.05, 0) is 20.3 Å². The molecule has 1 aromatic heterocycles. The highest BCUT2D eigenvalue weighted by molar-refractivity contribution is 5.17. The van der Waals surface area contributed by atoms with E-state index in [2.05, 4.69) is 16.4 Å². The predicted octanol–water partition coefficient (Wildman–Crippen LogP) is 0.995. The topological polar surface area (TPSA) is 84.0 Å². The van der Waals surface area contributed by atoms with E-state index >= 15 is 0 Å². The first-order valence-electron chi connectivity index (χ1n) is 5.60. The second-order valence-corrected chi connectivity index (χ2v) is 3.94. The number of aliphatic hydroxyl groups is 1. The summed E-state index contributed by atoms with van der Waals surface area (Å²) in [6.45, 7) is 3.93. The molecule has 2 unspecified atom stereocenters. The van der Waals surface area contributed by atoms with Gasteiger partial charge >= 0.3 is 0 Å². The molecule has 0 aliphatic carbocycles. The maximum atomic E-state index is 8.95. The molecule has 0 aromatic carbocycles. The van der Waals surface area contributed by atoms with Crippen molar-refractivity contribution in [3.8, 4) is 6.07 Å². The van der Waals surface area contributed by atoms with Crippen LogP contribution in [-0.2, 0) is 11.2 Å². The van der Waals surface area contributed by atoms with Gasteiger partial charge in [0, 0.05) is 13.7 Å². The lowest BCUT2D eigenvalue weighted by molar-refractivity contribution is 0.108. The second kappa shape index (κ2) is 6.33. The SMILES string of the molecule is COC(C)c1c(CC#N)nnn1C(C)CCO. The molecule has 0 saturated carbocycles. The average molecular weight is 238 g/mol. The van der Waals surface area contributed by atoms with Crippen LogP contribution in [0.3, 0.4) is 0 Å². The van der Waals surface area contributed by atoms with E-state index in [1.807, 2.05) is 13.8 Å². The molecule has 0 aliphatic rings. The number of ether oxygens (including phenoxy) is 1. The van der Waals surface area contributed by atoms with Crippen molar-refractivity contribution in [2.45, 2.75) is 38.8 Å². The van der Waals surface area contributed by atoms with Gasteiger partial charge in [-0.3, -0.25) is 0 Å². The van der Waals surface area contributed by atoms with Gasteiger partial charge < -0.3 is 9.84 Å². The summed E-state index contributed by atoms with van der Waals surface area (Å²) in [5, 5.41) is 25.7. The summed E-state index contributed by atoms with van der Waals surface area (Å²) < 4.78 is 7.01. The lowest BCUT2D eigenvalue weighted by Gasteiger charge is -2.17. The van der Waals surface area contributed by atoms with Crippen LogP contribution in [-0.4, -0.2) is 33.8 Å². The molecule has 1 aromatic rings. The highest BCUT2D eigenvalue weighted by atomic mass is 16.5. The molecule has 17 heavy (non-hydrogen) atoms. The standard InChI is InChI=1S/C11H18N4O2/c1-8(5-7-16)15-11(9(2)17-3)10(4-6-12)13-14-15/h8-9,16H,4-5,7H2,1-3H3. The Balaban J connectivity index is 3.08. The molecular formula is C11H18N4O2. The van der Waals surface area contributed by atoms with Crippen LogP contribution in [0.15, 0.2) is 0 Å². The minimum atomic E-state index is -0.172. The number of aromatic nitrogens is 3. The zero-order chi connectivity index (χ0) is 12.8. The van der Waals surface area contributed by atoms with E-state index in [0.717, 1.165) is 5.69 Å². The molecule has 6 heteroatoms. The van der Waals surface area contributed by atoms with Crippen LogP contribution in [0.1, 0.15) is 43.8 Å². The fourth-order valence-corrected chi connectivity index (χ4v) is 1.70. The minimum absolute atomic E-state index is 0.0348. The van der Waals surface area contributed by atoms with E-state index in [0.29, 0.717) is 12.1 Å². The van der Waals surface area contributed by atoms with Crippen molar-refractivity contribution in [3.63, 3.8) is 0 Å². The van der Waals surface area contributed by atoms with Crippen LogP contribution in [0.2, 0.25) is 0 Å². The predicted molar refractivity (Wildman–Crippen MR) is 61.2 cm³/mol. The zero-order valence-corrected chi connectivity index (χ0v) is 10.4. The Labute approximate surface area is 101 Å². The third kappa shape index (κ3) is 3.02. The summed E-state index contributed by atoms with van der Waals surface area (Å²) in [7, 11) is 1.61. The molecule has 0 saturated heterocycles. The van der Waals surface area contributed by atoms with Gasteiger partial charge in [0.25, 0.3) is 0 Å². The second-order valence-electron chi connectivity index (χ2n) is 3.94. The van der Waals surface area contributed by atoms with E-state index in [1.54, 1.807) is 11.8 Å². The minimum Gasteiger partial charge on any atom is -0.396 e. The van der Waals surface area contributed by atoms with Crippen LogP contribution >= 0.6 is 0 Å². The summed E-state index contributed by atoms with van der Waals surface area (Å²) in [5.74, 6) is 0. The molecule has 1 N–H and O–H groups in total. The maximum Gasteiger partial charge on any atom is 0.103 e. The Morgan fingerprint density at radius 3 is 2.76 bits per heavy atom. The number of nitrogens with zero attached hydrogens (tertiary/aromatic N) is 4. The summed E-state index contributed by atoms with van der Waals surface area (Å²) >= 11 is 0. The largest absolute Gasteiger partial charge is 0.396 e. The summed E-state index contributed by atoms with van der Waals surface area (Å²) in [6.07, 6.45) is 0.641. The van der Waals surface area contributed by atoms with Crippen molar-refractivity contribution < 1.29 is 9.84 Å². The quantitative estimate of drug-likeness (QED) is 0.799. The van der Waals surface area contributed by atoms with Gasteiger partial charge in [0.15, 0.2) is 0 Å². The average Bonchev–Trinajstić information content (AvgIpc) is 2.73. The van der Waals surface area contributed by atoms with Gasteiger partial charge in [-0.25, -0.2) is 4.68 Å². The van der Waals surface area contributed by atoms with Gasteiger partial charge in [0.2, 0.25) is 0 Å². The Bertz CT molecular complexity index is 397. The molecule has 0 bridgehead atoms. The highest BCUT2D eigenvalue weighted by Gasteiger charge is 2.21. The van der Waals surface area contributed by atoms with Crippen molar-refractivity contribution in [1.82, 2.24) is 15.0 Å². The number of hydrogen-bond acceptors (Lipinski definition) is 5. The van der Waals surface area contributed by atoms with E-state index in [1.165, 1.54) is 0 Å². The van der Waals surface area contributed by atoms with E-state index in [4.69, 9.17) is 15.1 Å². The molecule has 0 aliphatic heterocycles. The first-order valence-corrected chi connectivity index (χ1v) is 5.60. The molecule has 6 nitrogen and oxygen atoms in total. The van der Waals surface area contributed by atoms with Crippen LogP contribution in [0.25, 0.3) is 0 Å². The first-order chi connectivity index (χ1) is 8.15. The number of nitriles is 1. The summed E-state index contributed by atoms with van der Waals surface area (Å²) in [6, 6.07) is 2.10. The van der Waals surface area contributed by atoms with Crippen molar-refractivity contribution >= 4 is 0 Å². The molecular weight excluding hydrogens is 220 g/mol. The Morgan fingerprint density at radius 1 is 1.53 bits per heavy atom. The third-order valence-electron chi connectivity index (χ3n) is 2.75. The molecule has 2 atom stereocenters. The maximum absolute atomic E-state index is 8.95. The van der Waals surface area contributed by atoms with E-state index in [-0.39, 0.29) is 25.2 Å². The molecule has 94 valence electrons. The van der Waals surface area contributed by atoms with Gasteiger partial charge in [0.05, 0.1) is 30.3 Å². The van der Waals surface area contributed by atoms with E-state index in [9.17, 15) is 0 Å². The smallest absolute Gasteiger partial charge is 0.103 e. The normalized spacial score (nSPS) is 14.3. The van der Waals surface area contributed by atoms with Gasteiger partial charge in [0.1, 0.15) is 5.69 Å². The van der Waals surface area contributed by atoms with Crippen molar-refractivity contribution in [2.24, 2.45) is 0 Å². The highest BCUT2D eigenvalue weighted by Crippen LogP contribution is 2.23.